The van der Waals surface area contributed by atoms with Crippen LogP contribution in [0.5, 0.6) is 0 Å². The molecule has 2 aromatic carbocycles. The molecular formula is C20H21NO2. The topological polar surface area (TPSA) is 42.2 Å². The molecule has 3 aromatic rings. The minimum Gasteiger partial charge on any atom is -0.451 e. The fourth-order valence-corrected chi connectivity index (χ4v) is 3.58. The van der Waals surface area contributed by atoms with E-state index in [1.165, 1.54) is 25.7 Å². The Morgan fingerprint density at radius 2 is 1.74 bits per heavy atom. The predicted octanol–water partition coefficient (Wildman–Crippen LogP) is 5.04. The highest BCUT2D eigenvalue weighted by atomic mass is 16.3. The molecule has 1 aliphatic carbocycles. The molecule has 1 amide bonds. The minimum absolute atomic E-state index is 0.0859. The number of hydrogen-bond acceptors (Lipinski definition) is 2. The van der Waals surface area contributed by atoms with Crippen LogP contribution in [-0.2, 0) is 0 Å². The molecule has 118 valence electrons. The summed E-state index contributed by atoms with van der Waals surface area (Å²) in [6, 6.07) is 14.3. The number of rotatable bonds is 2. The highest BCUT2D eigenvalue weighted by Crippen LogP contribution is 2.28. The summed E-state index contributed by atoms with van der Waals surface area (Å²) in [7, 11) is 0. The van der Waals surface area contributed by atoms with E-state index in [1.54, 1.807) is 0 Å². The van der Waals surface area contributed by atoms with E-state index in [0.717, 1.165) is 34.6 Å². The van der Waals surface area contributed by atoms with Gasteiger partial charge in [0, 0.05) is 11.4 Å². The average molecular weight is 307 g/mol. The van der Waals surface area contributed by atoms with Crippen molar-refractivity contribution in [2.24, 2.45) is 0 Å². The van der Waals surface area contributed by atoms with Crippen molar-refractivity contribution in [2.45, 2.75) is 44.6 Å². The first-order valence-corrected chi connectivity index (χ1v) is 8.53. The Kier molecular flexibility index (Phi) is 3.78. The molecule has 0 saturated heterocycles. The number of fused-ring (bicyclic) bond motifs is 3. The highest BCUT2D eigenvalue weighted by molar-refractivity contribution is 6.08. The van der Waals surface area contributed by atoms with E-state index in [4.69, 9.17) is 4.42 Å². The van der Waals surface area contributed by atoms with Gasteiger partial charge in [-0.1, -0.05) is 56.0 Å². The van der Waals surface area contributed by atoms with Crippen LogP contribution < -0.4 is 5.32 Å². The van der Waals surface area contributed by atoms with E-state index in [9.17, 15) is 4.79 Å². The quantitative estimate of drug-likeness (QED) is 0.674. The molecule has 0 bridgehead atoms. The number of furan rings is 1. The zero-order valence-corrected chi connectivity index (χ0v) is 13.2. The molecule has 0 atom stereocenters. The van der Waals surface area contributed by atoms with Crippen molar-refractivity contribution in [3.05, 3.63) is 48.2 Å². The maximum Gasteiger partial charge on any atom is 0.287 e. The molecule has 0 aliphatic heterocycles. The van der Waals surface area contributed by atoms with Crippen LogP contribution in [0.1, 0.15) is 49.1 Å². The Morgan fingerprint density at radius 1 is 0.957 bits per heavy atom. The average Bonchev–Trinajstić information content (AvgIpc) is 2.87. The van der Waals surface area contributed by atoms with Gasteiger partial charge >= 0.3 is 0 Å². The SMILES string of the molecule is O=C(NC1CCCCCC1)c1cc2c(ccc3ccccc32)o1. The third kappa shape index (κ3) is 2.83. The molecule has 1 fully saturated rings. The lowest BCUT2D eigenvalue weighted by atomic mass is 10.1. The van der Waals surface area contributed by atoms with E-state index in [1.807, 2.05) is 30.3 Å². The zero-order chi connectivity index (χ0) is 15.6. The van der Waals surface area contributed by atoms with E-state index in [-0.39, 0.29) is 11.9 Å². The Bertz CT molecular complexity index is 841. The molecule has 0 spiro atoms. The maximum absolute atomic E-state index is 12.5. The molecule has 23 heavy (non-hydrogen) atoms. The summed E-state index contributed by atoms with van der Waals surface area (Å²) in [5.41, 5.74) is 0.773. The molecule has 4 rings (SSSR count). The number of carbonyl (C=O) groups excluding carboxylic acids is 1. The fourth-order valence-electron chi connectivity index (χ4n) is 3.58. The molecule has 1 aromatic heterocycles. The third-order valence-electron chi connectivity index (χ3n) is 4.84. The molecule has 1 saturated carbocycles. The molecular weight excluding hydrogens is 286 g/mol. The van der Waals surface area contributed by atoms with Gasteiger partial charge in [0.1, 0.15) is 5.58 Å². The van der Waals surface area contributed by atoms with Gasteiger partial charge in [-0.25, -0.2) is 0 Å². The molecule has 1 heterocycles. The summed E-state index contributed by atoms with van der Waals surface area (Å²) in [5, 5.41) is 6.45. The lowest BCUT2D eigenvalue weighted by molar-refractivity contribution is 0.0907. The van der Waals surface area contributed by atoms with Crippen molar-refractivity contribution in [2.75, 3.05) is 0 Å². The molecule has 1 N–H and O–H groups in total. The summed E-state index contributed by atoms with van der Waals surface area (Å²) in [5.74, 6) is 0.331. The molecule has 0 unspecified atom stereocenters. The van der Waals surface area contributed by atoms with E-state index in [0.29, 0.717) is 5.76 Å². The summed E-state index contributed by atoms with van der Waals surface area (Å²) in [6.45, 7) is 0. The second-order valence-corrected chi connectivity index (χ2v) is 6.47. The first-order valence-electron chi connectivity index (χ1n) is 8.53. The monoisotopic (exact) mass is 307 g/mol. The van der Waals surface area contributed by atoms with Gasteiger partial charge in [0.05, 0.1) is 0 Å². The number of hydrogen-bond donors (Lipinski definition) is 1. The van der Waals surface area contributed by atoms with E-state index in [2.05, 4.69) is 17.4 Å². The Hall–Kier alpha value is -2.29. The third-order valence-corrected chi connectivity index (χ3v) is 4.84. The van der Waals surface area contributed by atoms with Crippen molar-refractivity contribution >= 4 is 27.6 Å². The second-order valence-electron chi connectivity index (χ2n) is 6.47. The van der Waals surface area contributed by atoms with Gasteiger partial charge in [0.25, 0.3) is 5.91 Å². The van der Waals surface area contributed by atoms with Crippen molar-refractivity contribution < 1.29 is 9.21 Å². The standard InChI is InChI=1S/C20H21NO2/c22-20(21-15-8-3-1-2-4-9-15)19-13-17-16-10-6-5-7-14(16)11-12-18(17)23-19/h5-7,10-13,15H,1-4,8-9H2,(H,21,22). The second kappa shape index (κ2) is 6.07. The fraction of sp³-hybridized carbons (Fsp3) is 0.350. The largest absolute Gasteiger partial charge is 0.451 e. The van der Waals surface area contributed by atoms with Crippen LogP contribution in [0.3, 0.4) is 0 Å². The van der Waals surface area contributed by atoms with E-state index >= 15 is 0 Å². The number of nitrogens with one attached hydrogen (secondary N) is 1. The van der Waals surface area contributed by atoms with Gasteiger partial charge < -0.3 is 9.73 Å². The van der Waals surface area contributed by atoms with Crippen LogP contribution in [-0.4, -0.2) is 11.9 Å². The van der Waals surface area contributed by atoms with Crippen molar-refractivity contribution in [3.63, 3.8) is 0 Å². The van der Waals surface area contributed by atoms with Crippen LogP contribution in [0.25, 0.3) is 21.7 Å². The molecule has 0 radical (unpaired) electrons. The predicted molar refractivity (Wildman–Crippen MR) is 92.7 cm³/mol. The maximum atomic E-state index is 12.5. The van der Waals surface area contributed by atoms with Crippen molar-refractivity contribution in [3.8, 4) is 0 Å². The Morgan fingerprint density at radius 3 is 2.57 bits per heavy atom. The molecule has 1 aliphatic rings. The van der Waals surface area contributed by atoms with Gasteiger partial charge in [0.2, 0.25) is 0 Å². The van der Waals surface area contributed by atoms with Gasteiger partial charge in [-0.2, -0.15) is 0 Å². The van der Waals surface area contributed by atoms with Gasteiger partial charge in [0.15, 0.2) is 5.76 Å². The summed E-state index contributed by atoms with van der Waals surface area (Å²) < 4.78 is 5.80. The normalized spacial score (nSPS) is 16.5. The molecule has 3 heteroatoms. The van der Waals surface area contributed by atoms with Crippen molar-refractivity contribution in [1.82, 2.24) is 5.32 Å². The summed E-state index contributed by atoms with van der Waals surface area (Å²) in [4.78, 5) is 12.5. The van der Waals surface area contributed by atoms with Crippen molar-refractivity contribution in [1.29, 1.82) is 0 Å². The number of amides is 1. The van der Waals surface area contributed by atoms with Gasteiger partial charge in [-0.3, -0.25) is 4.79 Å². The summed E-state index contributed by atoms with van der Waals surface area (Å²) >= 11 is 0. The van der Waals surface area contributed by atoms with Crippen LogP contribution >= 0.6 is 0 Å². The van der Waals surface area contributed by atoms with Crippen LogP contribution in [0, 0.1) is 0 Å². The lowest BCUT2D eigenvalue weighted by Gasteiger charge is -2.14. The number of carbonyl (C=O) groups is 1. The summed E-state index contributed by atoms with van der Waals surface area (Å²) in [6.07, 6.45) is 7.13. The van der Waals surface area contributed by atoms with Crippen LogP contribution in [0.4, 0.5) is 0 Å². The first kappa shape index (κ1) is 14.3. The van der Waals surface area contributed by atoms with E-state index < -0.39 is 0 Å². The lowest BCUT2D eigenvalue weighted by Crippen LogP contribution is -2.34. The van der Waals surface area contributed by atoms with Crippen LogP contribution in [0.15, 0.2) is 46.9 Å². The van der Waals surface area contributed by atoms with Gasteiger partial charge in [-0.15, -0.1) is 0 Å². The molecule has 3 nitrogen and oxygen atoms in total. The Balaban J connectivity index is 1.63. The highest BCUT2D eigenvalue weighted by Gasteiger charge is 2.19. The first-order chi connectivity index (χ1) is 11.3. The van der Waals surface area contributed by atoms with Crippen LogP contribution in [0.2, 0.25) is 0 Å². The minimum atomic E-state index is -0.0859. The smallest absolute Gasteiger partial charge is 0.287 e. The zero-order valence-electron chi connectivity index (χ0n) is 13.2. The van der Waals surface area contributed by atoms with Gasteiger partial charge in [-0.05, 0) is 35.7 Å². The Labute approximate surface area is 135 Å². The number of benzene rings is 2.